The van der Waals surface area contributed by atoms with E-state index < -0.39 is 16.9 Å². The maximum atomic E-state index is 13.4. The van der Waals surface area contributed by atoms with E-state index in [1.807, 2.05) is 34.6 Å². The van der Waals surface area contributed by atoms with Crippen LogP contribution in [0.3, 0.4) is 0 Å². The molecule has 2 atom stereocenters. The van der Waals surface area contributed by atoms with Crippen LogP contribution in [0.4, 0.5) is 0 Å². The highest BCUT2D eigenvalue weighted by Crippen LogP contribution is 2.46. The molecule has 0 aliphatic carbocycles. The first-order valence-corrected chi connectivity index (χ1v) is 12.1. The van der Waals surface area contributed by atoms with E-state index in [2.05, 4.69) is 0 Å². The van der Waals surface area contributed by atoms with E-state index in [0.29, 0.717) is 34.6 Å². The Morgan fingerprint density at radius 3 is 2.47 bits per heavy atom. The molecule has 1 heterocycles. The number of hydrogen-bond acceptors (Lipinski definition) is 5. The standard InChI is InChI=1S/C27H33ClO6/c1-6-27(14-33-21-10-8-7-9-17(21)11-19(28)26(31)32)13-20(29)24-22(34-27)12-18(15(2)3)25(30)23(24)16(4)5/h7-10,12,15-16,19,30H,6,11,13-14H2,1-5H3,(H,31,32). The second-order valence-electron chi connectivity index (χ2n) is 9.56. The van der Waals surface area contributed by atoms with Crippen LogP contribution in [0.1, 0.15) is 86.3 Å². The summed E-state index contributed by atoms with van der Waals surface area (Å²) < 4.78 is 12.6. The van der Waals surface area contributed by atoms with Crippen LogP contribution in [0.25, 0.3) is 0 Å². The maximum Gasteiger partial charge on any atom is 0.321 e. The number of alkyl halides is 1. The summed E-state index contributed by atoms with van der Waals surface area (Å²) in [4.78, 5) is 24.6. The number of aromatic hydroxyl groups is 1. The van der Waals surface area contributed by atoms with Gasteiger partial charge in [-0.2, -0.15) is 0 Å². The van der Waals surface area contributed by atoms with E-state index in [4.69, 9.17) is 26.2 Å². The van der Waals surface area contributed by atoms with Gasteiger partial charge in [-0.25, -0.2) is 0 Å². The van der Waals surface area contributed by atoms with Gasteiger partial charge in [0.05, 0.1) is 12.0 Å². The summed E-state index contributed by atoms with van der Waals surface area (Å²) in [5.74, 6) is -0.00267. The number of carboxylic acid groups (broad SMARTS) is 1. The highest BCUT2D eigenvalue weighted by Gasteiger charge is 2.42. The molecule has 34 heavy (non-hydrogen) atoms. The Morgan fingerprint density at radius 1 is 1.21 bits per heavy atom. The lowest BCUT2D eigenvalue weighted by Crippen LogP contribution is -2.47. The normalized spacial score (nSPS) is 18.5. The summed E-state index contributed by atoms with van der Waals surface area (Å²) in [7, 11) is 0. The molecule has 1 aliphatic heterocycles. The predicted octanol–water partition coefficient (Wildman–Crippen LogP) is 6.07. The monoisotopic (exact) mass is 488 g/mol. The lowest BCUT2D eigenvalue weighted by molar-refractivity contribution is -0.136. The summed E-state index contributed by atoms with van der Waals surface area (Å²) >= 11 is 5.95. The minimum Gasteiger partial charge on any atom is -0.507 e. The second-order valence-corrected chi connectivity index (χ2v) is 10.1. The Balaban J connectivity index is 1.94. The van der Waals surface area contributed by atoms with E-state index in [0.717, 1.165) is 5.56 Å². The number of Topliss-reactive ketones (excluding diaryl/α,β-unsaturated/α-hetero) is 1. The van der Waals surface area contributed by atoms with Crippen molar-refractivity contribution in [1.82, 2.24) is 0 Å². The first-order valence-electron chi connectivity index (χ1n) is 11.7. The summed E-state index contributed by atoms with van der Waals surface area (Å²) in [5.41, 5.74) is 1.61. The first kappa shape index (κ1) is 25.9. The number of fused-ring (bicyclic) bond motifs is 1. The number of halogens is 1. The van der Waals surface area contributed by atoms with E-state index in [-0.39, 0.29) is 42.8 Å². The molecule has 0 saturated carbocycles. The molecule has 0 amide bonds. The fraction of sp³-hybridized carbons (Fsp3) is 0.481. The van der Waals surface area contributed by atoms with Crippen molar-refractivity contribution >= 4 is 23.4 Å². The molecule has 2 aromatic rings. The number of carbonyl (C=O) groups excluding carboxylic acids is 1. The van der Waals surface area contributed by atoms with E-state index >= 15 is 0 Å². The quantitative estimate of drug-likeness (QED) is 0.416. The zero-order valence-electron chi connectivity index (χ0n) is 20.4. The van der Waals surface area contributed by atoms with Crippen molar-refractivity contribution in [3.8, 4) is 17.2 Å². The summed E-state index contributed by atoms with van der Waals surface area (Å²) in [6.07, 6.45) is 0.762. The Bertz CT molecular complexity index is 1080. The van der Waals surface area contributed by atoms with Gasteiger partial charge in [-0.15, -0.1) is 11.6 Å². The number of para-hydroxylation sites is 1. The van der Waals surface area contributed by atoms with Crippen molar-refractivity contribution in [2.24, 2.45) is 0 Å². The Labute approximate surface area is 205 Å². The first-order chi connectivity index (χ1) is 16.0. The Kier molecular flexibility index (Phi) is 7.81. The predicted molar refractivity (Wildman–Crippen MR) is 132 cm³/mol. The lowest BCUT2D eigenvalue weighted by atomic mass is 9.81. The minimum absolute atomic E-state index is 0.0463. The van der Waals surface area contributed by atoms with E-state index in [1.54, 1.807) is 30.3 Å². The van der Waals surface area contributed by atoms with Gasteiger partial charge in [0.15, 0.2) is 5.78 Å². The molecule has 0 aromatic heterocycles. The van der Waals surface area contributed by atoms with Crippen LogP contribution in [0.2, 0.25) is 0 Å². The highest BCUT2D eigenvalue weighted by molar-refractivity contribution is 6.29. The molecule has 2 N–H and O–H groups in total. The molecule has 0 fully saturated rings. The molecule has 1 aliphatic rings. The van der Waals surface area contributed by atoms with Crippen LogP contribution in [-0.4, -0.2) is 39.6 Å². The number of ketones is 1. The molecule has 7 heteroatoms. The molecule has 2 unspecified atom stereocenters. The third-order valence-electron chi connectivity index (χ3n) is 6.39. The fourth-order valence-electron chi connectivity index (χ4n) is 4.39. The Hall–Kier alpha value is -2.73. The van der Waals surface area contributed by atoms with Crippen molar-refractivity contribution in [3.05, 3.63) is 52.6 Å². The largest absolute Gasteiger partial charge is 0.507 e. The van der Waals surface area contributed by atoms with Gasteiger partial charge in [0.1, 0.15) is 34.8 Å². The van der Waals surface area contributed by atoms with Crippen molar-refractivity contribution in [1.29, 1.82) is 0 Å². The molecule has 0 saturated heterocycles. The number of aliphatic carboxylic acids is 1. The third-order valence-corrected chi connectivity index (χ3v) is 6.73. The molecular weight excluding hydrogens is 456 g/mol. The van der Waals surface area contributed by atoms with Crippen LogP contribution >= 0.6 is 11.6 Å². The summed E-state index contributed by atoms with van der Waals surface area (Å²) in [6.45, 7) is 9.95. The molecule has 184 valence electrons. The molecule has 0 spiro atoms. The molecule has 2 aromatic carbocycles. The Morgan fingerprint density at radius 2 is 1.88 bits per heavy atom. The van der Waals surface area contributed by atoms with Gasteiger partial charge in [0.25, 0.3) is 0 Å². The van der Waals surface area contributed by atoms with Gasteiger partial charge < -0.3 is 19.7 Å². The smallest absolute Gasteiger partial charge is 0.321 e. The zero-order chi connectivity index (χ0) is 25.2. The van der Waals surface area contributed by atoms with E-state index in [9.17, 15) is 14.7 Å². The highest BCUT2D eigenvalue weighted by atomic mass is 35.5. The van der Waals surface area contributed by atoms with Gasteiger partial charge in [-0.3, -0.25) is 9.59 Å². The van der Waals surface area contributed by atoms with Crippen molar-refractivity contribution < 1.29 is 29.3 Å². The zero-order valence-corrected chi connectivity index (χ0v) is 21.1. The number of carbonyl (C=O) groups is 2. The average molecular weight is 489 g/mol. The summed E-state index contributed by atoms with van der Waals surface area (Å²) in [5, 5.41) is 19.0. The topological polar surface area (TPSA) is 93.1 Å². The van der Waals surface area contributed by atoms with Gasteiger partial charge >= 0.3 is 5.97 Å². The number of hydrogen-bond donors (Lipinski definition) is 2. The molecule has 0 bridgehead atoms. The third kappa shape index (κ3) is 5.17. The van der Waals surface area contributed by atoms with Gasteiger partial charge in [0, 0.05) is 17.5 Å². The number of benzene rings is 2. The SMILES string of the molecule is CCC1(COc2ccccc2CC(Cl)C(=O)O)CC(=O)c2c(cc(C(C)C)c(O)c2C(C)C)O1. The number of ether oxygens (including phenoxy) is 2. The van der Waals surface area contributed by atoms with Crippen molar-refractivity contribution in [3.63, 3.8) is 0 Å². The van der Waals surface area contributed by atoms with Gasteiger partial charge in [-0.1, -0.05) is 52.8 Å². The number of carboxylic acids is 1. The molecule has 6 nitrogen and oxygen atoms in total. The molecular formula is C27H33ClO6. The van der Waals surface area contributed by atoms with Crippen LogP contribution in [0.15, 0.2) is 30.3 Å². The van der Waals surface area contributed by atoms with Gasteiger partial charge in [0.2, 0.25) is 0 Å². The van der Waals surface area contributed by atoms with E-state index in [1.165, 1.54) is 0 Å². The number of phenols is 1. The lowest BCUT2D eigenvalue weighted by Gasteiger charge is -2.38. The second kappa shape index (κ2) is 10.3. The van der Waals surface area contributed by atoms with Crippen LogP contribution < -0.4 is 9.47 Å². The number of phenolic OH excluding ortho intramolecular Hbond substituents is 1. The summed E-state index contributed by atoms with van der Waals surface area (Å²) in [6, 6.07) is 8.92. The molecule has 0 radical (unpaired) electrons. The fourth-order valence-corrected chi connectivity index (χ4v) is 4.56. The van der Waals surface area contributed by atoms with Crippen LogP contribution in [0, 0.1) is 0 Å². The maximum absolute atomic E-state index is 13.4. The van der Waals surface area contributed by atoms with Crippen LogP contribution in [-0.2, 0) is 11.2 Å². The van der Waals surface area contributed by atoms with Crippen LogP contribution in [0.5, 0.6) is 17.2 Å². The average Bonchev–Trinajstić information content (AvgIpc) is 2.78. The van der Waals surface area contributed by atoms with Gasteiger partial charge in [-0.05, 0) is 36.0 Å². The van der Waals surface area contributed by atoms with Crippen molar-refractivity contribution in [2.45, 2.75) is 76.7 Å². The number of rotatable bonds is 9. The van der Waals surface area contributed by atoms with Crippen molar-refractivity contribution in [2.75, 3.05) is 6.61 Å². The molecule has 3 rings (SSSR count). The minimum atomic E-state index is -1.09.